The minimum absolute atomic E-state index is 0.195. The van der Waals surface area contributed by atoms with E-state index in [1.54, 1.807) is 7.11 Å². The molecule has 0 saturated carbocycles. The fourth-order valence-electron chi connectivity index (χ4n) is 5.43. The highest BCUT2D eigenvalue weighted by Gasteiger charge is 2.20. The third-order valence-electron chi connectivity index (χ3n) is 7.61. The van der Waals surface area contributed by atoms with Gasteiger partial charge in [-0.05, 0) is 69.9 Å². The summed E-state index contributed by atoms with van der Waals surface area (Å²) in [6, 6.07) is 51.6. The molecule has 0 radical (unpaired) electrons. The highest BCUT2D eigenvalue weighted by atomic mass is 16.5. The Labute approximate surface area is 269 Å². The molecule has 6 aromatic carbocycles. The number of aliphatic hydroxyl groups is 1. The fraction of sp³-hybridized carbons (Fsp3) is 0.0476. The van der Waals surface area contributed by atoms with Gasteiger partial charge in [0.25, 0.3) is 0 Å². The molecule has 4 heteroatoms. The summed E-state index contributed by atoms with van der Waals surface area (Å²) in [6.07, 6.45) is 0. The molecule has 0 amide bonds. The predicted molar refractivity (Wildman–Crippen MR) is 189 cm³/mol. The van der Waals surface area contributed by atoms with Crippen molar-refractivity contribution in [1.29, 1.82) is 0 Å². The van der Waals surface area contributed by atoms with Gasteiger partial charge in [0.15, 0.2) is 0 Å². The summed E-state index contributed by atoms with van der Waals surface area (Å²) >= 11 is 0. The fourth-order valence-corrected chi connectivity index (χ4v) is 5.43. The first kappa shape index (κ1) is 30.0. The van der Waals surface area contributed by atoms with Crippen molar-refractivity contribution in [2.45, 2.75) is 6.61 Å². The third kappa shape index (κ3) is 6.71. The number of hydrogen-bond donors (Lipinski definition) is 1. The average molecular weight is 597 g/mol. The Balaban J connectivity index is 1.56. The Morgan fingerprint density at radius 1 is 0.522 bits per heavy atom. The first-order valence-corrected chi connectivity index (χ1v) is 15.1. The van der Waals surface area contributed by atoms with E-state index in [0.29, 0.717) is 5.75 Å². The van der Waals surface area contributed by atoms with Crippen LogP contribution in [0.3, 0.4) is 0 Å². The standard InChI is InChI=1S/C42H32N2O2/c1-46-42-37(26-15-27-38(42)40(32-18-8-3-9-19-32)29-44-34-22-12-5-13-23-34)35-24-14-25-36(41(35)30-45)39(31-16-6-2-7-17-31)28-43-33-20-10-4-11-21-33/h2-27,45H,30H2,1H3. The predicted octanol–water partition coefficient (Wildman–Crippen LogP) is 9.72. The van der Waals surface area contributed by atoms with Gasteiger partial charge in [0.1, 0.15) is 5.75 Å². The lowest BCUT2D eigenvalue weighted by Gasteiger charge is -2.19. The molecule has 0 fully saturated rings. The molecule has 1 N–H and O–H groups in total. The van der Waals surface area contributed by atoms with Crippen LogP contribution >= 0.6 is 0 Å². The molecule has 46 heavy (non-hydrogen) atoms. The number of methoxy groups -OCH3 is 1. The van der Waals surface area contributed by atoms with Gasteiger partial charge in [0, 0.05) is 11.1 Å². The van der Waals surface area contributed by atoms with Crippen LogP contribution in [0.15, 0.2) is 168 Å². The van der Waals surface area contributed by atoms with Gasteiger partial charge in [-0.1, -0.05) is 127 Å². The zero-order chi connectivity index (χ0) is 31.6. The van der Waals surface area contributed by atoms with Gasteiger partial charge in [0.05, 0.1) is 36.2 Å². The zero-order valence-electron chi connectivity index (χ0n) is 25.5. The van der Waals surface area contributed by atoms with Crippen molar-refractivity contribution in [1.82, 2.24) is 0 Å². The Bertz CT molecular complexity index is 1900. The lowest BCUT2D eigenvalue weighted by atomic mass is 9.87. The van der Waals surface area contributed by atoms with Crippen LogP contribution in [0.5, 0.6) is 5.75 Å². The van der Waals surface area contributed by atoms with Crippen LogP contribution in [0.1, 0.15) is 27.8 Å². The molecule has 4 nitrogen and oxygen atoms in total. The molecule has 222 valence electrons. The van der Waals surface area contributed by atoms with E-state index < -0.39 is 0 Å². The summed E-state index contributed by atoms with van der Waals surface area (Å²) in [7, 11) is 1.67. The van der Waals surface area contributed by atoms with Crippen molar-refractivity contribution in [2.24, 2.45) is 9.98 Å². The van der Waals surface area contributed by atoms with E-state index in [2.05, 4.69) is 21.7 Å². The van der Waals surface area contributed by atoms with Gasteiger partial charge < -0.3 is 9.84 Å². The van der Waals surface area contributed by atoms with Crippen LogP contribution in [0.4, 0.5) is 11.4 Å². The number of ether oxygens (including phenoxy) is 1. The number of benzene rings is 6. The molecule has 0 aliphatic carbocycles. The Morgan fingerprint density at radius 3 is 1.43 bits per heavy atom. The maximum atomic E-state index is 10.9. The second-order valence-electron chi connectivity index (χ2n) is 10.5. The maximum absolute atomic E-state index is 10.9. The number of aliphatic imine (C=N–C) groups is 2. The summed E-state index contributed by atoms with van der Waals surface area (Å²) in [5.41, 5.74) is 9.19. The molecule has 0 saturated heterocycles. The van der Waals surface area contributed by atoms with E-state index in [4.69, 9.17) is 4.74 Å². The van der Waals surface area contributed by atoms with E-state index >= 15 is 0 Å². The van der Waals surface area contributed by atoms with Gasteiger partial charge >= 0.3 is 0 Å². The Kier molecular flexibility index (Phi) is 9.55. The van der Waals surface area contributed by atoms with Gasteiger partial charge in [-0.15, -0.1) is 0 Å². The highest BCUT2D eigenvalue weighted by Crippen LogP contribution is 2.41. The lowest BCUT2D eigenvalue weighted by Crippen LogP contribution is -2.02. The smallest absolute Gasteiger partial charge is 0.135 e. The van der Waals surface area contributed by atoms with Crippen LogP contribution in [0.2, 0.25) is 0 Å². The average Bonchev–Trinajstić information content (AvgIpc) is 3.13. The molecule has 0 aliphatic rings. The summed E-state index contributed by atoms with van der Waals surface area (Å²) in [4.78, 5) is 9.35. The number of aliphatic hydroxyl groups excluding tert-OH is 1. The Hall–Kier alpha value is -6.02. The molecule has 0 spiro atoms. The molecule has 0 unspecified atom stereocenters. The first-order chi connectivity index (χ1) is 22.8. The molecular formula is C42H32N2O2. The van der Waals surface area contributed by atoms with Crippen LogP contribution < -0.4 is 4.74 Å². The van der Waals surface area contributed by atoms with E-state index in [1.165, 1.54) is 0 Å². The summed E-state index contributed by atoms with van der Waals surface area (Å²) in [5.74, 6) is 7.29. The Morgan fingerprint density at radius 2 is 0.957 bits per heavy atom. The van der Waals surface area contributed by atoms with Gasteiger partial charge in [-0.3, -0.25) is 0 Å². The van der Waals surface area contributed by atoms with Crippen molar-refractivity contribution < 1.29 is 9.84 Å². The molecule has 0 heterocycles. The van der Waals surface area contributed by atoms with Gasteiger partial charge in [-0.25, -0.2) is 9.98 Å². The SMILES string of the molecule is COc1c(C(=C=Nc2ccccc2)c2ccccc2)cccc1-c1cccc(C(=C=Nc2ccccc2)c2ccccc2)c1CO. The topological polar surface area (TPSA) is 54.2 Å². The van der Waals surface area contributed by atoms with Gasteiger partial charge in [0.2, 0.25) is 0 Å². The normalized spacial score (nSPS) is 10.3. The minimum Gasteiger partial charge on any atom is -0.495 e. The van der Waals surface area contributed by atoms with E-state index in [9.17, 15) is 5.11 Å². The largest absolute Gasteiger partial charge is 0.495 e. The molecule has 0 aromatic heterocycles. The van der Waals surface area contributed by atoms with Crippen LogP contribution in [0, 0.1) is 0 Å². The number of rotatable bonds is 9. The summed E-state index contributed by atoms with van der Waals surface area (Å²) < 4.78 is 6.15. The first-order valence-electron chi connectivity index (χ1n) is 15.1. The summed E-state index contributed by atoms with van der Waals surface area (Å²) in [6.45, 7) is -0.195. The van der Waals surface area contributed by atoms with E-state index in [-0.39, 0.29) is 6.61 Å². The molecule has 0 aliphatic heterocycles. The van der Waals surface area contributed by atoms with Crippen molar-refractivity contribution >= 4 is 34.3 Å². The number of nitrogens with zero attached hydrogens (tertiary/aromatic N) is 2. The van der Waals surface area contributed by atoms with Gasteiger partial charge in [-0.2, -0.15) is 0 Å². The summed E-state index contributed by atoms with van der Waals surface area (Å²) in [5, 5.41) is 10.9. The minimum atomic E-state index is -0.195. The number of para-hydroxylation sites is 3. The number of hydrogen-bond acceptors (Lipinski definition) is 4. The van der Waals surface area contributed by atoms with Crippen LogP contribution in [0.25, 0.3) is 22.3 Å². The van der Waals surface area contributed by atoms with Crippen molar-refractivity contribution in [3.8, 4) is 16.9 Å². The second-order valence-corrected chi connectivity index (χ2v) is 10.5. The molecule has 6 rings (SSSR count). The third-order valence-corrected chi connectivity index (χ3v) is 7.61. The van der Waals surface area contributed by atoms with E-state index in [0.717, 1.165) is 61.5 Å². The molecule has 6 aromatic rings. The zero-order valence-corrected chi connectivity index (χ0v) is 25.5. The van der Waals surface area contributed by atoms with Crippen molar-refractivity contribution in [3.63, 3.8) is 0 Å². The molecule has 0 bridgehead atoms. The lowest BCUT2D eigenvalue weighted by molar-refractivity contribution is 0.282. The monoisotopic (exact) mass is 596 g/mol. The quantitative estimate of drug-likeness (QED) is 0.169. The van der Waals surface area contributed by atoms with E-state index in [1.807, 2.05) is 158 Å². The van der Waals surface area contributed by atoms with Crippen LogP contribution in [-0.4, -0.2) is 24.0 Å². The maximum Gasteiger partial charge on any atom is 0.135 e. The second kappa shape index (κ2) is 14.6. The van der Waals surface area contributed by atoms with Crippen molar-refractivity contribution in [3.05, 3.63) is 186 Å². The highest BCUT2D eigenvalue weighted by molar-refractivity contribution is 6.04. The van der Waals surface area contributed by atoms with Crippen LogP contribution in [-0.2, 0) is 6.61 Å². The molecule has 0 atom stereocenters. The van der Waals surface area contributed by atoms with Crippen molar-refractivity contribution in [2.75, 3.05) is 7.11 Å². The molecular weight excluding hydrogens is 564 g/mol.